The van der Waals surface area contributed by atoms with E-state index in [0.717, 1.165) is 12.2 Å². The minimum Gasteiger partial charge on any atom is -0.282 e. The molecular formula is C9H13N3. The fraction of sp³-hybridized carbons (Fsp3) is 0.333. The average molecular weight is 163 g/mol. The maximum Gasteiger partial charge on any atom is 0.0874 e. The minimum absolute atomic E-state index is 0.871. The molecule has 0 bridgehead atoms. The van der Waals surface area contributed by atoms with Crippen LogP contribution in [0.3, 0.4) is 0 Å². The van der Waals surface area contributed by atoms with Crippen molar-refractivity contribution in [3.05, 3.63) is 30.3 Å². The van der Waals surface area contributed by atoms with Gasteiger partial charge in [0.2, 0.25) is 0 Å². The molecule has 0 radical (unpaired) electrons. The molecule has 0 fully saturated rings. The molecule has 1 aromatic carbocycles. The van der Waals surface area contributed by atoms with Gasteiger partial charge in [-0.05, 0) is 19.1 Å². The van der Waals surface area contributed by atoms with Crippen LogP contribution in [0.5, 0.6) is 0 Å². The van der Waals surface area contributed by atoms with E-state index in [1.165, 1.54) is 0 Å². The zero-order chi connectivity index (χ0) is 8.81. The van der Waals surface area contributed by atoms with E-state index in [0.29, 0.717) is 0 Å². The van der Waals surface area contributed by atoms with Crippen LogP contribution in [0.1, 0.15) is 6.92 Å². The molecule has 0 amide bonds. The van der Waals surface area contributed by atoms with Crippen molar-refractivity contribution in [3.63, 3.8) is 0 Å². The normalized spacial score (nSPS) is 10.5. The van der Waals surface area contributed by atoms with Gasteiger partial charge in [0.1, 0.15) is 0 Å². The van der Waals surface area contributed by atoms with Crippen LogP contribution < -0.4 is 0 Å². The molecular weight excluding hydrogens is 150 g/mol. The minimum atomic E-state index is 0.871. The van der Waals surface area contributed by atoms with E-state index in [9.17, 15) is 0 Å². The zero-order valence-electron chi connectivity index (χ0n) is 7.44. The number of benzene rings is 1. The van der Waals surface area contributed by atoms with E-state index in [1.54, 1.807) is 5.01 Å². The first-order valence-corrected chi connectivity index (χ1v) is 4.00. The molecule has 0 spiro atoms. The fourth-order valence-corrected chi connectivity index (χ4v) is 0.686. The fourth-order valence-electron chi connectivity index (χ4n) is 0.686. The van der Waals surface area contributed by atoms with Crippen LogP contribution in [0.15, 0.2) is 40.7 Å². The molecule has 0 unspecified atom stereocenters. The summed E-state index contributed by atoms with van der Waals surface area (Å²) in [5.74, 6) is 0. The molecule has 0 aliphatic heterocycles. The summed E-state index contributed by atoms with van der Waals surface area (Å²) in [6.45, 7) is 2.90. The number of nitrogens with zero attached hydrogens (tertiary/aromatic N) is 3. The maximum absolute atomic E-state index is 4.03. The van der Waals surface area contributed by atoms with Crippen LogP contribution in [0.2, 0.25) is 0 Å². The Hall–Kier alpha value is -1.38. The standard InChI is InChI=1S/C9H13N3/c1-3-12(2)11-10-9-7-5-4-6-8-9/h4-8H,3H2,1-2H3. The molecule has 0 aliphatic rings. The van der Waals surface area contributed by atoms with Crippen molar-refractivity contribution < 1.29 is 0 Å². The summed E-state index contributed by atoms with van der Waals surface area (Å²) in [6, 6.07) is 9.70. The van der Waals surface area contributed by atoms with Crippen molar-refractivity contribution in [1.82, 2.24) is 5.01 Å². The van der Waals surface area contributed by atoms with Crippen molar-refractivity contribution in [1.29, 1.82) is 0 Å². The number of rotatable bonds is 3. The molecule has 3 nitrogen and oxygen atoms in total. The largest absolute Gasteiger partial charge is 0.282 e. The van der Waals surface area contributed by atoms with Gasteiger partial charge in [0.05, 0.1) is 5.69 Å². The molecule has 0 saturated heterocycles. The van der Waals surface area contributed by atoms with E-state index < -0.39 is 0 Å². The SMILES string of the molecule is CCN(C)N=Nc1ccccc1. The van der Waals surface area contributed by atoms with Crippen LogP contribution in [-0.4, -0.2) is 18.6 Å². The van der Waals surface area contributed by atoms with Gasteiger partial charge in [-0.15, -0.1) is 5.11 Å². The van der Waals surface area contributed by atoms with Crippen molar-refractivity contribution in [3.8, 4) is 0 Å². The van der Waals surface area contributed by atoms with Gasteiger partial charge in [-0.1, -0.05) is 23.4 Å². The third kappa shape index (κ3) is 2.70. The molecule has 0 aromatic heterocycles. The highest BCUT2D eigenvalue weighted by Crippen LogP contribution is 2.10. The van der Waals surface area contributed by atoms with Gasteiger partial charge in [-0.2, -0.15) is 0 Å². The summed E-state index contributed by atoms with van der Waals surface area (Å²) in [4.78, 5) is 0. The second-order valence-corrected chi connectivity index (χ2v) is 2.50. The van der Waals surface area contributed by atoms with Gasteiger partial charge < -0.3 is 0 Å². The Morgan fingerprint density at radius 1 is 1.25 bits per heavy atom. The lowest BCUT2D eigenvalue weighted by Crippen LogP contribution is -2.07. The van der Waals surface area contributed by atoms with Crippen LogP contribution >= 0.6 is 0 Å². The zero-order valence-corrected chi connectivity index (χ0v) is 7.44. The topological polar surface area (TPSA) is 28.0 Å². The summed E-state index contributed by atoms with van der Waals surface area (Å²) in [6.07, 6.45) is 0. The van der Waals surface area contributed by atoms with Gasteiger partial charge in [0.15, 0.2) is 0 Å². The Morgan fingerprint density at radius 3 is 2.50 bits per heavy atom. The Bertz CT molecular complexity index is 243. The Balaban J connectivity index is 2.58. The molecule has 0 saturated carbocycles. The lowest BCUT2D eigenvalue weighted by atomic mass is 10.3. The first-order valence-electron chi connectivity index (χ1n) is 4.00. The maximum atomic E-state index is 4.03. The van der Waals surface area contributed by atoms with Gasteiger partial charge in [0, 0.05) is 13.6 Å². The molecule has 0 heterocycles. The van der Waals surface area contributed by atoms with Crippen molar-refractivity contribution in [2.24, 2.45) is 10.3 Å². The third-order valence-electron chi connectivity index (χ3n) is 1.53. The third-order valence-corrected chi connectivity index (χ3v) is 1.53. The van der Waals surface area contributed by atoms with Gasteiger partial charge >= 0.3 is 0 Å². The molecule has 12 heavy (non-hydrogen) atoms. The second kappa shape index (κ2) is 4.49. The van der Waals surface area contributed by atoms with Gasteiger partial charge in [-0.25, -0.2) is 0 Å². The number of hydrogen-bond acceptors (Lipinski definition) is 2. The van der Waals surface area contributed by atoms with E-state index in [4.69, 9.17) is 0 Å². The highest BCUT2D eigenvalue weighted by atomic mass is 15.5. The summed E-state index contributed by atoms with van der Waals surface area (Å²) in [7, 11) is 1.90. The van der Waals surface area contributed by atoms with Crippen LogP contribution in [0, 0.1) is 0 Å². The van der Waals surface area contributed by atoms with Crippen LogP contribution in [-0.2, 0) is 0 Å². The lowest BCUT2D eigenvalue weighted by molar-refractivity contribution is 0.351. The smallest absolute Gasteiger partial charge is 0.0874 e. The molecule has 0 atom stereocenters. The second-order valence-electron chi connectivity index (χ2n) is 2.50. The highest BCUT2D eigenvalue weighted by Gasteiger charge is 1.86. The highest BCUT2D eigenvalue weighted by molar-refractivity contribution is 5.34. The Labute approximate surface area is 72.7 Å². The summed E-state index contributed by atoms with van der Waals surface area (Å²) >= 11 is 0. The monoisotopic (exact) mass is 163 g/mol. The Kier molecular flexibility index (Phi) is 3.26. The van der Waals surface area contributed by atoms with Gasteiger partial charge in [0.25, 0.3) is 0 Å². The lowest BCUT2D eigenvalue weighted by Gasteiger charge is -2.05. The van der Waals surface area contributed by atoms with Crippen molar-refractivity contribution >= 4 is 5.69 Å². The Morgan fingerprint density at radius 2 is 1.92 bits per heavy atom. The summed E-state index contributed by atoms with van der Waals surface area (Å²) in [5.41, 5.74) is 0.887. The molecule has 1 aromatic rings. The molecule has 3 heteroatoms. The first kappa shape index (κ1) is 8.71. The number of hydrogen-bond donors (Lipinski definition) is 0. The van der Waals surface area contributed by atoms with Crippen LogP contribution in [0.25, 0.3) is 0 Å². The van der Waals surface area contributed by atoms with E-state index >= 15 is 0 Å². The van der Waals surface area contributed by atoms with E-state index in [-0.39, 0.29) is 0 Å². The van der Waals surface area contributed by atoms with E-state index in [2.05, 4.69) is 10.3 Å². The van der Waals surface area contributed by atoms with Crippen molar-refractivity contribution in [2.75, 3.05) is 13.6 Å². The summed E-state index contributed by atoms with van der Waals surface area (Å²) in [5, 5.41) is 9.78. The average Bonchev–Trinajstić information content (AvgIpc) is 2.16. The molecule has 0 N–H and O–H groups in total. The van der Waals surface area contributed by atoms with Crippen molar-refractivity contribution in [2.45, 2.75) is 6.92 Å². The predicted molar refractivity (Wildman–Crippen MR) is 49.3 cm³/mol. The van der Waals surface area contributed by atoms with Gasteiger partial charge in [-0.3, -0.25) is 5.01 Å². The van der Waals surface area contributed by atoms with Crippen LogP contribution in [0.4, 0.5) is 5.69 Å². The molecule has 0 aliphatic carbocycles. The molecule has 1 rings (SSSR count). The predicted octanol–water partition coefficient (Wildman–Crippen LogP) is 2.64. The molecule has 64 valence electrons. The van der Waals surface area contributed by atoms with E-state index in [1.807, 2.05) is 44.3 Å². The quantitative estimate of drug-likeness (QED) is 0.497. The summed E-state index contributed by atoms with van der Waals surface area (Å²) < 4.78 is 0. The first-order chi connectivity index (χ1) is 5.83.